The molecule has 2 aliphatic heterocycles. The van der Waals surface area contributed by atoms with Crippen LogP contribution in [0, 0.1) is 5.41 Å². The topological polar surface area (TPSA) is 60.9 Å². The maximum absolute atomic E-state index is 12.8. The molecule has 0 unspecified atom stereocenters. The highest BCUT2D eigenvalue weighted by Crippen LogP contribution is 2.46. The van der Waals surface area contributed by atoms with E-state index in [1.807, 2.05) is 18.2 Å². The molecule has 0 atom stereocenters. The van der Waals surface area contributed by atoms with Crippen molar-refractivity contribution in [3.8, 4) is 0 Å². The van der Waals surface area contributed by atoms with Gasteiger partial charge in [0.1, 0.15) is 6.54 Å². The Bertz CT molecular complexity index is 791. The first kappa shape index (κ1) is 19.8. The number of likely N-dealkylation sites (tertiary alicyclic amines) is 1. The molecule has 3 fully saturated rings. The molecule has 1 aromatic rings. The van der Waals surface area contributed by atoms with E-state index < -0.39 is 5.41 Å². The van der Waals surface area contributed by atoms with Crippen molar-refractivity contribution in [2.24, 2.45) is 5.41 Å². The summed E-state index contributed by atoms with van der Waals surface area (Å²) in [5, 5.41) is 0. The summed E-state index contributed by atoms with van der Waals surface area (Å²) >= 11 is 0. The van der Waals surface area contributed by atoms with Crippen LogP contribution in [0.3, 0.4) is 0 Å². The normalized spacial score (nSPS) is 22.3. The highest BCUT2D eigenvalue weighted by atomic mass is 16.2. The zero-order valence-electron chi connectivity index (χ0n) is 16.9. The lowest BCUT2D eigenvalue weighted by Gasteiger charge is -2.35. The summed E-state index contributed by atoms with van der Waals surface area (Å²) in [6, 6.07) is 10.2. The molecule has 29 heavy (non-hydrogen) atoms. The molecule has 1 saturated carbocycles. The highest BCUT2D eigenvalue weighted by molar-refractivity contribution is 6.08. The average molecular weight is 396 g/mol. The van der Waals surface area contributed by atoms with Crippen molar-refractivity contribution in [2.75, 3.05) is 39.3 Å². The fourth-order valence-corrected chi connectivity index (χ4v) is 4.78. The summed E-state index contributed by atoms with van der Waals surface area (Å²) in [7, 11) is 0. The van der Waals surface area contributed by atoms with Crippen LogP contribution in [-0.4, -0.2) is 71.7 Å². The third-order valence-electron chi connectivity index (χ3n) is 6.54. The van der Waals surface area contributed by atoms with Crippen molar-refractivity contribution in [2.45, 2.75) is 32.1 Å². The van der Waals surface area contributed by atoms with Crippen molar-refractivity contribution < 1.29 is 14.4 Å². The van der Waals surface area contributed by atoms with E-state index in [4.69, 9.17) is 0 Å². The lowest BCUT2D eigenvalue weighted by Crippen LogP contribution is -2.52. The molecular weight excluding hydrogens is 366 g/mol. The second kappa shape index (κ2) is 8.49. The van der Waals surface area contributed by atoms with Crippen LogP contribution < -0.4 is 0 Å². The van der Waals surface area contributed by atoms with Crippen LogP contribution in [-0.2, 0) is 14.4 Å². The van der Waals surface area contributed by atoms with Crippen LogP contribution in [0.2, 0.25) is 0 Å². The summed E-state index contributed by atoms with van der Waals surface area (Å²) in [6.45, 7) is 3.64. The molecule has 0 aromatic heterocycles. The minimum Gasteiger partial charge on any atom is -0.339 e. The lowest BCUT2D eigenvalue weighted by molar-refractivity contribution is -0.148. The van der Waals surface area contributed by atoms with Gasteiger partial charge < -0.3 is 4.90 Å². The van der Waals surface area contributed by atoms with Crippen molar-refractivity contribution >= 4 is 23.8 Å². The molecule has 3 amide bonds. The van der Waals surface area contributed by atoms with E-state index in [1.54, 1.807) is 4.90 Å². The first-order valence-corrected chi connectivity index (χ1v) is 10.6. The molecule has 2 heterocycles. The lowest BCUT2D eigenvalue weighted by atomic mass is 9.84. The fraction of sp³-hybridized carbons (Fsp3) is 0.522. The Morgan fingerprint density at radius 1 is 1.00 bits per heavy atom. The minimum absolute atomic E-state index is 0.0900. The Kier molecular flexibility index (Phi) is 5.81. The van der Waals surface area contributed by atoms with Gasteiger partial charge in [-0.25, -0.2) is 0 Å². The summed E-state index contributed by atoms with van der Waals surface area (Å²) in [4.78, 5) is 43.2. The fourth-order valence-electron chi connectivity index (χ4n) is 4.78. The van der Waals surface area contributed by atoms with Crippen molar-refractivity contribution in [1.29, 1.82) is 0 Å². The van der Waals surface area contributed by atoms with Gasteiger partial charge in [-0.2, -0.15) is 0 Å². The zero-order valence-corrected chi connectivity index (χ0v) is 16.9. The predicted octanol–water partition coefficient (Wildman–Crippen LogP) is 2.16. The standard InChI is InChI=1S/C23H29N3O3/c27-20-17-23(10-4-5-11-23)22(29)26(20)18-21(28)25-15-13-24(14-16-25)12-6-9-19-7-2-1-3-8-19/h1-3,6-9H,4-5,10-18H2. The molecule has 6 heteroatoms. The number of nitrogens with zero attached hydrogens (tertiary/aromatic N) is 3. The van der Waals surface area contributed by atoms with Gasteiger partial charge >= 0.3 is 0 Å². The summed E-state index contributed by atoms with van der Waals surface area (Å²) in [5.74, 6) is -0.394. The third-order valence-corrected chi connectivity index (χ3v) is 6.54. The van der Waals surface area contributed by atoms with Gasteiger partial charge in [0.05, 0.1) is 5.41 Å². The van der Waals surface area contributed by atoms with E-state index in [1.165, 1.54) is 10.5 Å². The van der Waals surface area contributed by atoms with E-state index in [9.17, 15) is 14.4 Å². The Balaban J connectivity index is 1.24. The van der Waals surface area contributed by atoms with Gasteiger partial charge in [0.25, 0.3) is 0 Å². The number of hydrogen-bond acceptors (Lipinski definition) is 4. The summed E-state index contributed by atoms with van der Waals surface area (Å²) in [5.41, 5.74) is 0.683. The van der Waals surface area contributed by atoms with E-state index in [2.05, 4.69) is 29.2 Å². The van der Waals surface area contributed by atoms with E-state index in [0.717, 1.165) is 45.3 Å². The van der Waals surface area contributed by atoms with Crippen LogP contribution in [0.1, 0.15) is 37.7 Å². The third kappa shape index (κ3) is 4.27. The predicted molar refractivity (Wildman–Crippen MR) is 111 cm³/mol. The van der Waals surface area contributed by atoms with Gasteiger partial charge in [0.15, 0.2) is 0 Å². The molecule has 0 bridgehead atoms. The second-order valence-electron chi connectivity index (χ2n) is 8.44. The quantitative estimate of drug-likeness (QED) is 0.717. The van der Waals surface area contributed by atoms with Gasteiger partial charge in [-0.1, -0.05) is 55.3 Å². The highest BCUT2D eigenvalue weighted by Gasteiger charge is 2.53. The first-order chi connectivity index (χ1) is 14.1. The molecule has 4 rings (SSSR count). The summed E-state index contributed by atoms with van der Waals surface area (Å²) in [6.07, 6.45) is 8.13. The number of rotatable bonds is 5. The van der Waals surface area contributed by atoms with E-state index in [-0.39, 0.29) is 24.3 Å². The largest absolute Gasteiger partial charge is 0.339 e. The number of hydrogen-bond donors (Lipinski definition) is 0. The number of benzene rings is 1. The van der Waals surface area contributed by atoms with Crippen LogP contribution >= 0.6 is 0 Å². The minimum atomic E-state index is -0.499. The van der Waals surface area contributed by atoms with Crippen LogP contribution in [0.25, 0.3) is 6.08 Å². The maximum Gasteiger partial charge on any atom is 0.242 e. The molecule has 2 saturated heterocycles. The number of piperazine rings is 1. The van der Waals surface area contributed by atoms with Crippen molar-refractivity contribution in [3.05, 3.63) is 42.0 Å². The number of carbonyl (C=O) groups excluding carboxylic acids is 3. The SMILES string of the molecule is O=C(CN1C(=O)CC2(CCCC2)C1=O)N1CCN(CC=Cc2ccccc2)CC1. The molecule has 154 valence electrons. The monoisotopic (exact) mass is 395 g/mol. The molecule has 1 spiro atoms. The molecule has 0 N–H and O–H groups in total. The van der Waals surface area contributed by atoms with Crippen LogP contribution in [0.15, 0.2) is 36.4 Å². The van der Waals surface area contributed by atoms with Gasteiger partial charge in [-0.3, -0.25) is 24.2 Å². The van der Waals surface area contributed by atoms with E-state index >= 15 is 0 Å². The molecule has 6 nitrogen and oxygen atoms in total. The number of carbonyl (C=O) groups is 3. The first-order valence-electron chi connectivity index (χ1n) is 10.6. The van der Waals surface area contributed by atoms with Gasteiger partial charge in [0, 0.05) is 39.1 Å². The molecule has 1 aliphatic carbocycles. The second-order valence-corrected chi connectivity index (χ2v) is 8.44. The van der Waals surface area contributed by atoms with Crippen molar-refractivity contribution in [3.63, 3.8) is 0 Å². The molecule has 1 aromatic carbocycles. The van der Waals surface area contributed by atoms with Crippen LogP contribution in [0.4, 0.5) is 0 Å². The molecule has 3 aliphatic rings. The summed E-state index contributed by atoms with van der Waals surface area (Å²) < 4.78 is 0. The maximum atomic E-state index is 12.8. The smallest absolute Gasteiger partial charge is 0.242 e. The van der Waals surface area contributed by atoms with E-state index in [0.29, 0.717) is 19.5 Å². The van der Waals surface area contributed by atoms with Crippen LogP contribution in [0.5, 0.6) is 0 Å². The Labute approximate surface area is 172 Å². The van der Waals surface area contributed by atoms with Gasteiger partial charge in [0.2, 0.25) is 17.7 Å². The average Bonchev–Trinajstić information content (AvgIpc) is 3.30. The Morgan fingerprint density at radius 3 is 2.38 bits per heavy atom. The Hall–Kier alpha value is -2.47. The van der Waals surface area contributed by atoms with Gasteiger partial charge in [-0.15, -0.1) is 0 Å². The molecular formula is C23H29N3O3. The number of imide groups is 1. The molecule has 0 radical (unpaired) electrons. The van der Waals surface area contributed by atoms with Gasteiger partial charge in [-0.05, 0) is 18.4 Å². The zero-order chi connectivity index (χ0) is 20.3. The number of amides is 3. The van der Waals surface area contributed by atoms with Crippen molar-refractivity contribution in [1.82, 2.24) is 14.7 Å². The Morgan fingerprint density at radius 2 is 1.69 bits per heavy atom.